The Hall–Kier alpha value is -0.350. The smallest absolute Gasteiger partial charge is 0.0704 e. The predicted octanol–water partition coefficient (Wildman–Crippen LogP) is 5.89. The largest absolute Gasteiger partial charge is 0.303 e. The van der Waals surface area contributed by atoms with E-state index < -0.39 is 0 Å². The van der Waals surface area contributed by atoms with Crippen LogP contribution < -0.4 is 5.32 Å². The molecule has 0 bridgehead atoms. The van der Waals surface area contributed by atoms with Crippen LogP contribution in [0.1, 0.15) is 47.9 Å². The van der Waals surface area contributed by atoms with E-state index in [0.29, 0.717) is 12.1 Å². The zero-order valence-electron chi connectivity index (χ0n) is 11.3. The number of benzene rings is 1. The van der Waals surface area contributed by atoms with Crippen molar-refractivity contribution in [2.45, 2.75) is 38.3 Å². The summed E-state index contributed by atoms with van der Waals surface area (Å²) in [4.78, 5) is 1.53. The normalized spacial score (nSPS) is 19.6. The average molecular weight is 371 g/mol. The number of hydrogen-bond acceptors (Lipinski definition) is 2. The summed E-state index contributed by atoms with van der Waals surface area (Å²) in [6.45, 7) is 2.22. The maximum absolute atomic E-state index is 5.95. The Balaban J connectivity index is 1.76. The molecule has 4 heteroatoms. The summed E-state index contributed by atoms with van der Waals surface area (Å²) in [5, 5.41) is 4.56. The van der Waals surface area contributed by atoms with Crippen LogP contribution in [0, 0.1) is 0 Å². The highest BCUT2D eigenvalue weighted by Gasteiger charge is 2.24. The zero-order chi connectivity index (χ0) is 14.1. The van der Waals surface area contributed by atoms with Crippen molar-refractivity contribution in [2.24, 2.45) is 0 Å². The second kappa shape index (κ2) is 6.18. The van der Waals surface area contributed by atoms with Crippen LogP contribution in [0.5, 0.6) is 0 Å². The molecule has 2 aromatic rings. The Kier molecular flexibility index (Phi) is 4.51. The highest BCUT2D eigenvalue weighted by atomic mass is 79.9. The van der Waals surface area contributed by atoms with Crippen LogP contribution in [0.3, 0.4) is 0 Å². The van der Waals surface area contributed by atoms with Gasteiger partial charge in [-0.1, -0.05) is 23.7 Å². The topological polar surface area (TPSA) is 12.0 Å². The minimum atomic E-state index is 0.335. The van der Waals surface area contributed by atoms with Gasteiger partial charge in [0.1, 0.15) is 0 Å². The van der Waals surface area contributed by atoms with Crippen LogP contribution in [0.4, 0.5) is 0 Å². The van der Waals surface area contributed by atoms with Crippen molar-refractivity contribution in [1.29, 1.82) is 0 Å². The minimum absolute atomic E-state index is 0.335. The lowest BCUT2D eigenvalue weighted by Crippen LogP contribution is -2.27. The summed E-state index contributed by atoms with van der Waals surface area (Å²) in [5.74, 6) is 0. The molecule has 1 aromatic heterocycles. The second-order valence-electron chi connectivity index (χ2n) is 5.31. The van der Waals surface area contributed by atoms with Gasteiger partial charge in [-0.3, -0.25) is 0 Å². The number of nitrogens with one attached hydrogen (secondary N) is 1. The van der Waals surface area contributed by atoms with Crippen molar-refractivity contribution in [3.63, 3.8) is 0 Å². The first kappa shape index (κ1) is 14.6. The monoisotopic (exact) mass is 369 g/mol. The maximum Gasteiger partial charge on any atom is 0.0704 e. The van der Waals surface area contributed by atoms with E-state index >= 15 is 0 Å². The van der Waals surface area contributed by atoms with Gasteiger partial charge in [-0.2, -0.15) is 0 Å². The van der Waals surface area contributed by atoms with Gasteiger partial charge in [0.05, 0.1) is 3.79 Å². The summed E-state index contributed by atoms with van der Waals surface area (Å²) in [5.41, 5.74) is 2.77. The molecular weight excluding hydrogens is 354 g/mol. The number of aryl methyl sites for hydroxylation is 1. The van der Waals surface area contributed by atoms with Gasteiger partial charge in [-0.15, -0.1) is 11.3 Å². The minimum Gasteiger partial charge on any atom is -0.303 e. The molecule has 106 valence electrons. The molecule has 0 aliphatic heterocycles. The van der Waals surface area contributed by atoms with E-state index in [9.17, 15) is 0 Å². The lowest BCUT2D eigenvalue weighted by molar-refractivity contribution is 0.418. The Morgan fingerprint density at radius 2 is 2.10 bits per heavy atom. The van der Waals surface area contributed by atoms with Crippen LogP contribution in [-0.4, -0.2) is 0 Å². The van der Waals surface area contributed by atoms with Crippen molar-refractivity contribution >= 4 is 38.9 Å². The Morgan fingerprint density at radius 1 is 1.35 bits per heavy atom. The third-order valence-electron chi connectivity index (χ3n) is 3.90. The van der Waals surface area contributed by atoms with E-state index in [1.54, 1.807) is 0 Å². The molecule has 0 saturated heterocycles. The van der Waals surface area contributed by atoms with Gasteiger partial charge in [0, 0.05) is 22.0 Å². The SMILES string of the molecule is C[C@@H](NC1CCCc2sc(Br)cc21)c1ccc(Cl)cc1. The van der Waals surface area contributed by atoms with Crippen LogP contribution in [0.25, 0.3) is 0 Å². The number of hydrogen-bond donors (Lipinski definition) is 1. The highest BCUT2D eigenvalue weighted by molar-refractivity contribution is 9.11. The van der Waals surface area contributed by atoms with Crippen molar-refractivity contribution < 1.29 is 0 Å². The molecule has 1 heterocycles. The lowest BCUT2D eigenvalue weighted by Gasteiger charge is -2.27. The number of fused-ring (bicyclic) bond motifs is 1. The molecule has 0 fully saturated rings. The summed E-state index contributed by atoms with van der Waals surface area (Å²) < 4.78 is 1.25. The molecule has 1 aliphatic carbocycles. The molecule has 0 saturated carbocycles. The van der Waals surface area contributed by atoms with E-state index in [1.165, 1.54) is 39.1 Å². The second-order valence-corrected chi connectivity index (χ2v) is 8.27. The average Bonchev–Trinajstić information content (AvgIpc) is 2.81. The van der Waals surface area contributed by atoms with Crippen LogP contribution >= 0.6 is 38.9 Å². The van der Waals surface area contributed by atoms with Crippen LogP contribution in [-0.2, 0) is 6.42 Å². The van der Waals surface area contributed by atoms with Gasteiger partial charge >= 0.3 is 0 Å². The molecule has 20 heavy (non-hydrogen) atoms. The molecule has 2 atom stereocenters. The van der Waals surface area contributed by atoms with E-state index in [-0.39, 0.29) is 0 Å². The van der Waals surface area contributed by atoms with E-state index in [4.69, 9.17) is 11.6 Å². The highest BCUT2D eigenvalue weighted by Crippen LogP contribution is 2.38. The molecule has 0 amide bonds. The van der Waals surface area contributed by atoms with Crippen molar-refractivity contribution in [1.82, 2.24) is 5.32 Å². The molecule has 0 spiro atoms. The number of halogens is 2. The molecule has 3 rings (SSSR count). The molecule has 1 unspecified atom stereocenters. The Labute approximate surface area is 137 Å². The standard InChI is InChI=1S/C16H17BrClNS/c1-10(11-5-7-12(18)8-6-11)19-14-3-2-4-15-13(14)9-16(17)20-15/h5-10,14,19H,2-4H2,1H3/t10-,14?/m1/s1. The third kappa shape index (κ3) is 3.11. The van der Waals surface area contributed by atoms with Gasteiger partial charge in [0.25, 0.3) is 0 Å². The summed E-state index contributed by atoms with van der Waals surface area (Å²) in [6, 6.07) is 11.2. The number of rotatable bonds is 3. The van der Waals surface area contributed by atoms with E-state index in [1.807, 2.05) is 23.5 Å². The number of thiophene rings is 1. The van der Waals surface area contributed by atoms with Crippen molar-refractivity contribution in [2.75, 3.05) is 0 Å². The summed E-state index contributed by atoms with van der Waals surface area (Å²) >= 11 is 11.4. The fourth-order valence-corrected chi connectivity index (χ4v) is 4.79. The van der Waals surface area contributed by atoms with Gasteiger partial charge in [0.15, 0.2) is 0 Å². The first-order valence-corrected chi connectivity index (χ1v) is 8.92. The van der Waals surface area contributed by atoms with Crippen LogP contribution in [0.15, 0.2) is 34.1 Å². The first-order valence-electron chi connectivity index (χ1n) is 6.93. The summed E-state index contributed by atoms with van der Waals surface area (Å²) in [6.07, 6.45) is 3.71. The maximum atomic E-state index is 5.95. The Bertz CT molecular complexity index is 593. The van der Waals surface area contributed by atoms with Gasteiger partial charge in [-0.25, -0.2) is 0 Å². The molecule has 1 nitrogen and oxygen atoms in total. The van der Waals surface area contributed by atoms with Gasteiger partial charge in [-0.05, 0) is 71.4 Å². The third-order valence-corrected chi connectivity index (χ3v) is 5.87. The van der Waals surface area contributed by atoms with Crippen LogP contribution in [0.2, 0.25) is 5.02 Å². The fraction of sp³-hybridized carbons (Fsp3) is 0.375. The van der Waals surface area contributed by atoms with Gasteiger partial charge in [0.2, 0.25) is 0 Å². The Morgan fingerprint density at radius 3 is 2.85 bits per heavy atom. The summed E-state index contributed by atoms with van der Waals surface area (Å²) in [7, 11) is 0. The first-order chi connectivity index (χ1) is 9.63. The zero-order valence-corrected chi connectivity index (χ0v) is 14.5. The van der Waals surface area contributed by atoms with E-state index in [0.717, 1.165) is 5.02 Å². The van der Waals surface area contributed by atoms with E-state index in [2.05, 4.69) is 46.4 Å². The molecule has 0 radical (unpaired) electrons. The predicted molar refractivity (Wildman–Crippen MR) is 90.7 cm³/mol. The molecule has 1 aliphatic rings. The molecule has 1 aromatic carbocycles. The molecule has 1 N–H and O–H groups in total. The van der Waals surface area contributed by atoms with Crippen molar-refractivity contribution in [3.8, 4) is 0 Å². The van der Waals surface area contributed by atoms with Crippen molar-refractivity contribution in [3.05, 3.63) is 55.1 Å². The molecular formula is C16H17BrClNS. The quantitative estimate of drug-likeness (QED) is 0.710. The van der Waals surface area contributed by atoms with Gasteiger partial charge < -0.3 is 5.32 Å². The lowest BCUT2D eigenvalue weighted by atomic mass is 9.93. The fourth-order valence-electron chi connectivity index (χ4n) is 2.84.